The van der Waals surface area contributed by atoms with Gasteiger partial charge in [-0.2, -0.15) is 0 Å². The summed E-state index contributed by atoms with van der Waals surface area (Å²) in [7, 11) is 0. The first-order valence-corrected chi connectivity index (χ1v) is 8.12. The fourth-order valence-electron chi connectivity index (χ4n) is 4.21. The van der Waals surface area contributed by atoms with Crippen LogP contribution in [0.4, 0.5) is 4.39 Å². The van der Waals surface area contributed by atoms with Gasteiger partial charge in [-0.05, 0) is 79.9 Å². The first-order chi connectivity index (χ1) is 9.67. The summed E-state index contributed by atoms with van der Waals surface area (Å²) in [6, 6.07) is 5.35. The second-order valence-corrected chi connectivity index (χ2v) is 6.92. The van der Waals surface area contributed by atoms with Crippen LogP contribution in [0.15, 0.2) is 30.9 Å². The van der Waals surface area contributed by atoms with Gasteiger partial charge in [-0.1, -0.05) is 23.7 Å². The van der Waals surface area contributed by atoms with Crippen molar-refractivity contribution in [3.8, 4) is 0 Å². The van der Waals surface area contributed by atoms with Crippen LogP contribution < -0.4 is 0 Å². The van der Waals surface area contributed by atoms with Crippen molar-refractivity contribution in [2.75, 3.05) is 0 Å². The molecular formula is C18H22ClF. The van der Waals surface area contributed by atoms with E-state index >= 15 is 0 Å². The van der Waals surface area contributed by atoms with Gasteiger partial charge in [0, 0.05) is 0 Å². The van der Waals surface area contributed by atoms with Crippen LogP contribution in [0.1, 0.15) is 50.0 Å². The van der Waals surface area contributed by atoms with Crippen molar-refractivity contribution in [3.63, 3.8) is 0 Å². The Balaban J connectivity index is 1.70. The molecule has 1 aromatic rings. The number of benzene rings is 1. The number of rotatable bonds is 2. The van der Waals surface area contributed by atoms with Crippen LogP contribution in [-0.2, 0) is 0 Å². The Morgan fingerprint density at radius 3 is 2.60 bits per heavy atom. The van der Waals surface area contributed by atoms with Crippen LogP contribution in [0, 0.1) is 23.6 Å². The van der Waals surface area contributed by atoms with Gasteiger partial charge in [0.25, 0.3) is 0 Å². The second kappa shape index (κ2) is 5.89. The van der Waals surface area contributed by atoms with E-state index in [1.54, 1.807) is 12.1 Å². The average molecular weight is 293 g/mol. The molecule has 0 aliphatic heterocycles. The summed E-state index contributed by atoms with van der Waals surface area (Å²) in [6.07, 6.45) is 9.73. The average Bonchev–Trinajstić information content (AvgIpc) is 2.49. The highest BCUT2D eigenvalue weighted by atomic mass is 35.5. The fraction of sp³-hybridized carbons (Fsp3) is 0.556. The first-order valence-electron chi connectivity index (χ1n) is 7.75. The maximum Gasteiger partial charge on any atom is 0.142 e. The second-order valence-electron chi connectivity index (χ2n) is 6.51. The van der Waals surface area contributed by atoms with Crippen molar-refractivity contribution in [2.45, 2.75) is 44.4 Å². The highest BCUT2D eigenvalue weighted by Gasteiger charge is 2.35. The van der Waals surface area contributed by atoms with E-state index in [0.717, 1.165) is 23.3 Å². The minimum Gasteiger partial charge on any atom is -0.205 e. The van der Waals surface area contributed by atoms with E-state index in [1.807, 2.05) is 6.07 Å². The van der Waals surface area contributed by atoms with Gasteiger partial charge in [-0.3, -0.25) is 0 Å². The van der Waals surface area contributed by atoms with Crippen molar-refractivity contribution < 1.29 is 4.39 Å². The van der Waals surface area contributed by atoms with Gasteiger partial charge in [0.05, 0.1) is 5.02 Å². The molecule has 0 bridgehead atoms. The minimum atomic E-state index is -0.276. The van der Waals surface area contributed by atoms with Gasteiger partial charge in [-0.25, -0.2) is 4.39 Å². The normalized spacial score (nSPS) is 33.5. The minimum absolute atomic E-state index is 0.230. The number of hydrogen-bond donors (Lipinski definition) is 0. The third kappa shape index (κ3) is 2.79. The van der Waals surface area contributed by atoms with E-state index < -0.39 is 0 Å². The number of fused-ring (bicyclic) bond motifs is 1. The molecule has 0 saturated heterocycles. The van der Waals surface area contributed by atoms with Crippen molar-refractivity contribution in [1.82, 2.24) is 0 Å². The summed E-state index contributed by atoms with van der Waals surface area (Å²) in [5.74, 6) is 2.65. The Kier molecular flexibility index (Phi) is 4.16. The molecule has 108 valence electrons. The molecule has 2 aliphatic rings. The quantitative estimate of drug-likeness (QED) is 0.590. The maximum atomic E-state index is 13.6. The molecule has 0 spiro atoms. The third-order valence-corrected chi connectivity index (χ3v) is 5.71. The Bertz CT molecular complexity index is 496. The third-order valence-electron chi connectivity index (χ3n) is 5.40. The van der Waals surface area contributed by atoms with Crippen molar-refractivity contribution in [1.29, 1.82) is 0 Å². The lowest BCUT2D eigenvalue weighted by Crippen LogP contribution is -2.29. The molecule has 2 aliphatic carbocycles. The molecule has 4 atom stereocenters. The number of halogens is 2. The summed E-state index contributed by atoms with van der Waals surface area (Å²) in [5.41, 5.74) is 1.14. The Morgan fingerprint density at radius 1 is 1.10 bits per heavy atom. The highest BCUT2D eigenvalue weighted by Crippen LogP contribution is 2.47. The molecule has 2 heteroatoms. The van der Waals surface area contributed by atoms with Crippen LogP contribution >= 0.6 is 11.6 Å². The lowest BCUT2D eigenvalue weighted by atomic mass is 9.64. The zero-order chi connectivity index (χ0) is 14.1. The van der Waals surface area contributed by atoms with Gasteiger partial charge in [0.2, 0.25) is 0 Å². The van der Waals surface area contributed by atoms with Crippen molar-refractivity contribution in [2.24, 2.45) is 17.8 Å². The largest absolute Gasteiger partial charge is 0.205 e. The molecule has 3 rings (SSSR count). The van der Waals surface area contributed by atoms with E-state index in [1.165, 1.54) is 38.5 Å². The van der Waals surface area contributed by atoms with E-state index in [2.05, 4.69) is 12.7 Å². The van der Waals surface area contributed by atoms with Crippen LogP contribution in [0.25, 0.3) is 0 Å². The van der Waals surface area contributed by atoms with E-state index in [9.17, 15) is 4.39 Å². The number of allylic oxidation sites excluding steroid dienone is 1. The van der Waals surface area contributed by atoms with Gasteiger partial charge in [-0.15, -0.1) is 6.58 Å². The van der Waals surface area contributed by atoms with Gasteiger partial charge in [0.15, 0.2) is 0 Å². The first kappa shape index (κ1) is 14.1. The molecule has 20 heavy (non-hydrogen) atoms. The van der Waals surface area contributed by atoms with E-state index in [0.29, 0.717) is 5.92 Å². The van der Waals surface area contributed by atoms with Crippen LogP contribution in [0.2, 0.25) is 5.02 Å². The molecule has 0 heterocycles. The summed E-state index contributed by atoms with van der Waals surface area (Å²) < 4.78 is 13.6. The summed E-state index contributed by atoms with van der Waals surface area (Å²) in [4.78, 5) is 0. The lowest BCUT2D eigenvalue weighted by molar-refractivity contribution is 0.133. The molecule has 2 saturated carbocycles. The Hall–Kier alpha value is -0.820. The fourth-order valence-corrected chi connectivity index (χ4v) is 4.33. The lowest BCUT2D eigenvalue weighted by Gasteiger charge is -2.41. The molecule has 1 aromatic carbocycles. The predicted molar refractivity (Wildman–Crippen MR) is 82.5 cm³/mol. The van der Waals surface area contributed by atoms with E-state index in [4.69, 9.17) is 11.6 Å². The Morgan fingerprint density at radius 2 is 1.85 bits per heavy atom. The molecule has 0 nitrogen and oxygen atoms in total. The molecule has 0 N–H and O–H groups in total. The molecule has 1 unspecified atom stereocenters. The van der Waals surface area contributed by atoms with Crippen LogP contribution in [0.5, 0.6) is 0 Å². The van der Waals surface area contributed by atoms with E-state index in [-0.39, 0.29) is 10.8 Å². The van der Waals surface area contributed by atoms with Crippen LogP contribution in [-0.4, -0.2) is 0 Å². The SMILES string of the molecule is C=C[C@@H]1CC[C@@H]2CC(c3ccc(Cl)c(F)c3)CC[C@@H]2C1. The van der Waals surface area contributed by atoms with Gasteiger partial charge < -0.3 is 0 Å². The van der Waals surface area contributed by atoms with Crippen LogP contribution in [0.3, 0.4) is 0 Å². The highest BCUT2D eigenvalue weighted by molar-refractivity contribution is 6.30. The van der Waals surface area contributed by atoms with Gasteiger partial charge in [0.1, 0.15) is 5.82 Å². The summed E-state index contributed by atoms with van der Waals surface area (Å²) >= 11 is 5.78. The molecule has 0 aromatic heterocycles. The van der Waals surface area contributed by atoms with Crippen molar-refractivity contribution >= 4 is 11.6 Å². The molecule has 0 amide bonds. The van der Waals surface area contributed by atoms with Crippen molar-refractivity contribution in [3.05, 3.63) is 47.3 Å². The molecule has 0 radical (unpaired) electrons. The summed E-state index contributed by atoms with van der Waals surface area (Å²) in [6.45, 7) is 3.95. The molecular weight excluding hydrogens is 271 g/mol. The van der Waals surface area contributed by atoms with Gasteiger partial charge >= 0.3 is 0 Å². The molecule has 2 fully saturated rings. The number of hydrogen-bond acceptors (Lipinski definition) is 0. The smallest absolute Gasteiger partial charge is 0.142 e. The zero-order valence-electron chi connectivity index (χ0n) is 11.8. The predicted octanol–water partition coefficient (Wildman–Crippen LogP) is 5.97. The summed E-state index contributed by atoms with van der Waals surface area (Å²) in [5, 5.41) is 0.230. The monoisotopic (exact) mass is 292 g/mol. The standard InChI is InChI=1S/C18H22ClF/c1-2-12-3-4-14-10-15(6-5-13(14)9-12)16-7-8-17(19)18(20)11-16/h2,7-8,11-15H,1,3-6,9-10H2/t12-,13-,14-,15?/m1/s1. The zero-order valence-corrected chi connectivity index (χ0v) is 12.6. The topological polar surface area (TPSA) is 0 Å². The Labute approximate surface area is 126 Å². The maximum absolute atomic E-state index is 13.6.